The quantitative estimate of drug-likeness (QED) is 0.406. The largest absolute Gasteiger partial charge is 0.312 e. The highest BCUT2D eigenvalue weighted by atomic mass is 32.1. The number of nitrogens with zero attached hydrogens (tertiary/aromatic N) is 3. The van der Waals surface area contributed by atoms with E-state index in [-0.39, 0.29) is 11.3 Å². The van der Waals surface area contributed by atoms with Crippen molar-refractivity contribution in [1.82, 2.24) is 4.57 Å². The van der Waals surface area contributed by atoms with Crippen LogP contribution in [-0.4, -0.2) is 15.4 Å². The van der Waals surface area contributed by atoms with Gasteiger partial charge in [-0.2, -0.15) is 4.99 Å². The molecule has 7 heteroatoms. The molecular weight excluding hydrogens is 338 g/mol. The molecule has 0 bridgehead atoms. The number of allylic oxidation sites excluding steroid dienone is 1. The highest BCUT2D eigenvalue weighted by Crippen LogP contribution is 2.22. The Labute approximate surface area is 147 Å². The van der Waals surface area contributed by atoms with Gasteiger partial charge in [0.1, 0.15) is 5.56 Å². The van der Waals surface area contributed by atoms with Gasteiger partial charge in [-0.15, -0.1) is 6.58 Å². The van der Waals surface area contributed by atoms with Crippen LogP contribution in [0.3, 0.4) is 0 Å². The third kappa shape index (κ3) is 3.14. The van der Waals surface area contributed by atoms with Crippen LogP contribution < -0.4 is 4.80 Å². The minimum absolute atomic E-state index is 0.0215. The summed E-state index contributed by atoms with van der Waals surface area (Å²) in [5.74, 6) is -0.630. The molecule has 0 aliphatic heterocycles. The average Bonchev–Trinajstić information content (AvgIpc) is 2.94. The van der Waals surface area contributed by atoms with Gasteiger partial charge in [-0.3, -0.25) is 14.9 Å². The predicted molar refractivity (Wildman–Crippen MR) is 97.7 cm³/mol. The molecule has 126 valence electrons. The molecule has 6 nitrogen and oxygen atoms in total. The number of nitro groups is 1. The zero-order chi connectivity index (χ0) is 18.0. The molecule has 0 saturated heterocycles. The van der Waals surface area contributed by atoms with Crippen LogP contribution >= 0.6 is 11.3 Å². The maximum Gasteiger partial charge on any atom is 0.286 e. The molecule has 0 unspecified atom stereocenters. The smallest absolute Gasteiger partial charge is 0.286 e. The maximum atomic E-state index is 12.6. The Morgan fingerprint density at radius 2 is 2.08 bits per heavy atom. The summed E-state index contributed by atoms with van der Waals surface area (Å²) in [6, 6.07) is 11.7. The van der Waals surface area contributed by atoms with Crippen LogP contribution in [0.15, 0.2) is 60.1 Å². The van der Waals surface area contributed by atoms with Gasteiger partial charge in [0.2, 0.25) is 0 Å². The van der Waals surface area contributed by atoms with E-state index in [9.17, 15) is 14.9 Å². The number of hydrogen-bond acceptors (Lipinski definition) is 4. The number of fused-ring (bicyclic) bond motifs is 1. The summed E-state index contributed by atoms with van der Waals surface area (Å²) in [4.78, 5) is 27.8. The predicted octanol–water partition coefficient (Wildman–Crippen LogP) is 3.85. The minimum Gasteiger partial charge on any atom is -0.312 e. The number of amides is 1. The molecule has 0 spiro atoms. The van der Waals surface area contributed by atoms with Crippen molar-refractivity contribution >= 4 is 33.1 Å². The summed E-state index contributed by atoms with van der Waals surface area (Å²) in [6.45, 7) is 6.24. The summed E-state index contributed by atoms with van der Waals surface area (Å²) >= 11 is 1.37. The molecule has 25 heavy (non-hydrogen) atoms. The number of carbonyl (C=O) groups excluding carboxylic acids is 1. The number of rotatable bonds is 4. The molecule has 1 amide bonds. The average molecular weight is 353 g/mol. The number of nitro benzene ring substituents is 1. The molecule has 1 aromatic heterocycles. The molecule has 0 aliphatic rings. The molecule has 0 saturated carbocycles. The monoisotopic (exact) mass is 353 g/mol. The normalized spacial score (nSPS) is 11.6. The van der Waals surface area contributed by atoms with E-state index >= 15 is 0 Å². The minimum atomic E-state index is -0.630. The van der Waals surface area contributed by atoms with Crippen LogP contribution in [0, 0.1) is 17.0 Å². The second-order valence-electron chi connectivity index (χ2n) is 5.40. The molecular formula is C18H15N3O3S. The lowest BCUT2D eigenvalue weighted by Crippen LogP contribution is -2.17. The molecule has 3 rings (SSSR count). The number of para-hydroxylation sites is 2. The molecule has 0 radical (unpaired) electrons. The Morgan fingerprint density at radius 1 is 1.32 bits per heavy atom. The van der Waals surface area contributed by atoms with Crippen LogP contribution in [0.5, 0.6) is 0 Å². The van der Waals surface area contributed by atoms with Crippen LogP contribution in [0.1, 0.15) is 15.9 Å². The first-order chi connectivity index (χ1) is 12.0. The Kier molecular flexibility index (Phi) is 4.58. The Morgan fingerprint density at radius 3 is 2.80 bits per heavy atom. The molecule has 2 aromatic carbocycles. The Balaban J connectivity index is 2.21. The second kappa shape index (κ2) is 6.82. The summed E-state index contributed by atoms with van der Waals surface area (Å²) in [5.41, 5.74) is 1.78. The van der Waals surface area contributed by atoms with Crippen LogP contribution in [-0.2, 0) is 6.54 Å². The van der Waals surface area contributed by atoms with Gasteiger partial charge in [0, 0.05) is 12.6 Å². The van der Waals surface area contributed by atoms with Crippen molar-refractivity contribution in [1.29, 1.82) is 0 Å². The third-order valence-electron chi connectivity index (χ3n) is 3.74. The molecule has 0 N–H and O–H groups in total. The zero-order valence-electron chi connectivity index (χ0n) is 13.5. The van der Waals surface area contributed by atoms with Gasteiger partial charge in [-0.05, 0) is 24.6 Å². The fraction of sp³-hybridized carbons (Fsp3) is 0.111. The fourth-order valence-electron chi connectivity index (χ4n) is 2.65. The van der Waals surface area contributed by atoms with E-state index in [4.69, 9.17) is 0 Å². The van der Waals surface area contributed by atoms with Crippen LogP contribution in [0.4, 0.5) is 5.69 Å². The van der Waals surface area contributed by atoms with E-state index < -0.39 is 10.8 Å². The van der Waals surface area contributed by atoms with E-state index in [1.165, 1.54) is 29.5 Å². The van der Waals surface area contributed by atoms with Gasteiger partial charge in [0.15, 0.2) is 4.80 Å². The number of thiazole rings is 1. The van der Waals surface area contributed by atoms with E-state index in [1.807, 2.05) is 29.7 Å². The SMILES string of the molecule is C=CCn1c(=NC(=O)c2ccccc2[N+](=O)[O-])sc2cccc(C)c21. The maximum absolute atomic E-state index is 12.6. The lowest BCUT2D eigenvalue weighted by molar-refractivity contribution is -0.385. The molecule has 0 aliphatic carbocycles. The first-order valence-electron chi connectivity index (χ1n) is 7.55. The summed E-state index contributed by atoms with van der Waals surface area (Å²) < 4.78 is 2.89. The molecule has 0 fully saturated rings. The van der Waals surface area contributed by atoms with Gasteiger partial charge in [0.25, 0.3) is 11.6 Å². The van der Waals surface area contributed by atoms with E-state index in [2.05, 4.69) is 11.6 Å². The van der Waals surface area contributed by atoms with Gasteiger partial charge >= 0.3 is 0 Å². The summed E-state index contributed by atoms with van der Waals surface area (Å²) in [7, 11) is 0. The topological polar surface area (TPSA) is 77.5 Å². The van der Waals surface area contributed by atoms with Crippen LogP contribution in [0.25, 0.3) is 10.2 Å². The fourth-order valence-corrected chi connectivity index (χ4v) is 3.77. The molecule has 3 aromatic rings. The van der Waals surface area contributed by atoms with Crippen molar-refractivity contribution in [3.05, 3.63) is 81.2 Å². The third-order valence-corrected chi connectivity index (χ3v) is 4.79. The lowest BCUT2D eigenvalue weighted by atomic mass is 10.2. The van der Waals surface area contributed by atoms with Crippen molar-refractivity contribution in [3.8, 4) is 0 Å². The first-order valence-corrected chi connectivity index (χ1v) is 8.37. The van der Waals surface area contributed by atoms with Crippen LogP contribution in [0.2, 0.25) is 0 Å². The summed E-state index contributed by atoms with van der Waals surface area (Å²) in [6.07, 6.45) is 1.73. The second-order valence-corrected chi connectivity index (χ2v) is 6.41. The van der Waals surface area contributed by atoms with Gasteiger partial charge in [-0.1, -0.05) is 41.7 Å². The highest BCUT2D eigenvalue weighted by Gasteiger charge is 2.19. The van der Waals surface area contributed by atoms with Gasteiger partial charge in [-0.25, -0.2) is 0 Å². The highest BCUT2D eigenvalue weighted by molar-refractivity contribution is 7.16. The number of aryl methyl sites for hydroxylation is 1. The van der Waals surface area contributed by atoms with Crippen molar-refractivity contribution in [3.63, 3.8) is 0 Å². The van der Waals surface area contributed by atoms with Gasteiger partial charge < -0.3 is 4.57 Å². The van der Waals surface area contributed by atoms with Crippen molar-refractivity contribution in [2.24, 2.45) is 4.99 Å². The van der Waals surface area contributed by atoms with Gasteiger partial charge in [0.05, 0.1) is 15.1 Å². The Bertz CT molecular complexity index is 1060. The first kappa shape index (κ1) is 16.8. The van der Waals surface area contributed by atoms with Crippen molar-refractivity contribution in [2.75, 3.05) is 0 Å². The summed E-state index contributed by atoms with van der Waals surface area (Å²) in [5, 5.41) is 11.1. The Hall–Kier alpha value is -3.06. The molecule has 0 atom stereocenters. The van der Waals surface area contributed by atoms with Crippen molar-refractivity contribution < 1.29 is 9.72 Å². The number of aromatic nitrogens is 1. The number of hydrogen-bond donors (Lipinski definition) is 0. The number of benzene rings is 2. The van der Waals surface area contributed by atoms with Crippen molar-refractivity contribution in [2.45, 2.75) is 13.5 Å². The van der Waals surface area contributed by atoms with E-state index in [0.29, 0.717) is 11.3 Å². The lowest BCUT2D eigenvalue weighted by Gasteiger charge is -2.03. The van der Waals surface area contributed by atoms with E-state index in [0.717, 1.165) is 15.8 Å². The van der Waals surface area contributed by atoms with E-state index in [1.54, 1.807) is 12.1 Å². The standard InChI is InChI=1S/C18H15N3O3S/c1-3-11-20-16-12(2)7-6-10-15(16)25-18(20)19-17(22)13-8-4-5-9-14(13)21(23)24/h3-10H,1,11H2,2H3. The number of carbonyl (C=O) groups is 1. The molecule has 1 heterocycles. The zero-order valence-corrected chi connectivity index (χ0v) is 14.3.